The molecule has 12 heteroatoms. The Morgan fingerprint density at radius 2 is 1.85 bits per heavy atom. The highest BCUT2D eigenvalue weighted by molar-refractivity contribution is 6.45. The number of nitrogens with zero attached hydrogens (tertiary/aromatic N) is 7. The molecule has 2 aromatic heterocycles. The predicted molar refractivity (Wildman–Crippen MR) is 191 cm³/mol. The third-order valence-electron chi connectivity index (χ3n) is 12.1. The van der Waals surface area contributed by atoms with E-state index in [0.29, 0.717) is 40.5 Å². The minimum atomic E-state index is -0.111. The van der Waals surface area contributed by atoms with Gasteiger partial charge in [0.1, 0.15) is 0 Å². The topological polar surface area (TPSA) is 85.8 Å². The van der Waals surface area contributed by atoms with E-state index in [1.165, 1.54) is 45.2 Å². The maximum Gasteiger partial charge on any atom is 0.245 e. The minimum Gasteiger partial charge on any atom is -0.378 e. The monoisotopic (exact) mass is 694 g/mol. The third-order valence-corrected chi connectivity index (χ3v) is 12.9. The van der Waals surface area contributed by atoms with E-state index in [1.54, 1.807) is 0 Å². The number of ether oxygens (including phenoxy) is 1. The van der Waals surface area contributed by atoms with E-state index in [4.69, 9.17) is 33.0 Å². The van der Waals surface area contributed by atoms with Crippen LogP contribution in [0.1, 0.15) is 57.7 Å². The Morgan fingerprint density at radius 1 is 1.08 bits per heavy atom. The molecular weight excluding hydrogens is 647 g/mol. The van der Waals surface area contributed by atoms with Gasteiger partial charge in [0.05, 0.1) is 47.1 Å². The molecule has 5 fully saturated rings. The number of hydrogen-bond donors (Lipinski definition) is 1. The van der Waals surface area contributed by atoms with Crippen molar-refractivity contribution in [3.05, 3.63) is 40.7 Å². The highest BCUT2D eigenvalue weighted by Gasteiger charge is 2.50. The smallest absolute Gasteiger partial charge is 0.245 e. The van der Waals surface area contributed by atoms with Crippen molar-refractivity contribution in [2.24, 2.45) is 11.3 Å². The fourth-order valence-electron chi connectivity index (χ4n) is 9.53. The average Bonchev–Trinajstić information content (AvgIpc) is 3.74. The summed E-state index contributed by atoms with van der Waals surface area (Å²) in [5, 5.41) is 14.8. The van der Waals surface area contributed by atoms with Crippen LogP contribution in [0.2, 0.25) is 10.0 Å². The minimum absolute atomic E-state index is 0.00734. The number of rotatable bonds is 7. The molecule has 3 aromatic rings. The van der Waals surface area contributed by atoms with Crippen LogP contribution in [0.4, 0.5) is 5.82 Å². The Morgan fingerprint density at radius 3 is 2.54 bits per heavy atom. The molecule has 0 bridgehead atoms. The van der Waals surface area contributed by atoms with Gasteiger partial charge in [0, 0.05) is 79.0 Å². The number of carbonyl (C=O) groups is 1. The van der Waals surface area contributed by atoms with Crippen molar-refractivity contribution in [3.8, 4) is 11.1 Å². The number of nitrogens with one attached hydrogen (secondary N) is 1. The molecule has 10 nitrogen and oxygen atoms in total. The lowest BCUT2D eigenvalue weighted by Crippen LogP contribution is -2.61. The van der Waals surface area contributed by atoms with Gasteiger partial charge in [0.25, 0.3) is 0 Å². The van der Waals surface area contributed by atoms with Crippen LogP contribution in [0.15, 0.2) is 24.9 Å². The number of piperidine rings is 2. The summed E-state index contributed by atoms with van der Waals surface area (Å²) < 4.78 is 7.67. The molecule has 0 aliphatic carbocycles. The quantitative estimate of drug-likeness (QED) is 0.313. The van der Waals surface area contributed by atoms with E-state index in [-0.39, 0.29) is 17.5 Å². The number of halogens is 2. The van der Waals surface area contributed by atoms with Gasteiger partial charge in [-0.15, -0.1) is 0 Å². The van der Waals surface area contributed by atoms with E-state index in [9.17, 15) is 4.79 Å². The molecule has 5 saturated heterocycles. The number of likely N-dealkylation sites (tertiary alicyclic amines) is 3. The number of fused-ring (bicyclic) bond motifs is 1. The largest absolute Gasteiger partial charge is 0.378 e. The summed E-state index contributed by atoms with van der Waals surface area (Å²) in [6.07, 6.45) is 8.46. The van der Waals surface area contributed by atoms with E-state index < -0.39 is 0 Å². The highest BCUT2D eigenvalue weighted by atomic mass is 35.5. The molecule has 0 unspecified atom stereocenters. The zero-order chi connectivity index (χ0) is 33.4. The molecule has 1 aromatic carbocycles. The van der Waals surface area contributed by atoms with Crippen molar-refractivity contribution in [1.29, 1.82) is 0 Å². The first kappa shape index (κ1) is 32.6. The Balaban J connectivity index is 1.05. The number of H-pyrrole nitrogens is 1. The molecule has 1 amide bonds. The Kier molecular flexibility index (Phi) is 8.35. The summed E-state index contributed by atoms with van der Waals surface area (Å²) in [7, 11) is 0. The van der Waals surface area contributed by atoms with Gasteiger partial charge in [-0.25, -0.2) is 0 Å². The van der Waals surface area contributed by atoms with Crippen LogP contribution in [-0.4, -0.2) is 118 Å². The van der Waals surface area contributed by atoms with Crippen LogP contribution in [0, 0.1) is 18.3 Å². The summed E-state index contributed by atoms with van der Waals surface area (Å²) in [6.45, 7) is 20.8. The van der Waals surface area contributed by atoms with Crippen LogP contribution in [0.3, 0.4) is 0 Å². The van der Waals surface area contributed by atoms with Crippen LogP contribution < -0.4 is 4.90 Å². The Labute approximate surface area is 293 Å². The lowest BCUT2D eigenvalue weighted by Gasteiger charge is -2.52. The third kappa shape index (κ3) is 5.56. The van der Waals surface area contributed by atoms with Crippen molar-refractivity contribution in [1.82, 2.24) is 34.7 Å². The Hall–Kier alpha value is -2.63. The first-order valence-corrected chi connectivity index (χ1v) is 18.4. The molecule has 0 radical (unpaired) electrons. The van der Waals surface area contributed by atoms with Crippen LogP contribution in [0.5, 0.6) is 0 Å². The SMILES string of the molecule is C=CC(=O)N1CCC(n2nc(N3CC[C@@H](CN4CC5(CCN(C6COC6)C5)C4)CC3(C)C)c(-c3c(Cl)c(Cl)cc4[nH]ncc34)c2C)CC1. The van der Waals surface area contributed by atoms with Gasteiger partial charge in [-0.2, -0.15) is 10.2 Å². The number of carbonyl (C=O) groups excluding carboxylic acids is 1. The van der Waals surface area contributed by atoms with E-state index in [0.717, 1.165) is 79.0 Å². The molecule has 1 spiro atoms. The standard InChI is InChI=1S/C36H48Cl2N8O2/c1-5-30(47)43-10-7-25(8-11-43)46-23(2)31(32-27-16-39-40-29(27)14-28(37)33(32)38)34(41-46)45-12-6-24(15-35(45,3)4)17-42-20-36(21-42)9-13-44(22-36)26-18-48-19-26/h5,14,16,24-26H,1,6-13,15,17-22H2,2-4H3,(H,39,40)/t24-/m1/s1. The van der Waals surface area contributed by atoms with Gasteiger partial charge in [-0.05, 0) is 77.5 Å². The summed E-state index contributed by atoms with van der Waals surface area (Å²) in [6, 6.07) is 2.68. The fraction of sp³-hybridized carbons (Fsp3) is 0.639. The summed E-state index contributed by atoms with van der Waals surface area (Å²) in [5.41, 5.74) is 4.21. The number of amides is 1. The summed E-state index contributed by atoms with van der Waals surface area (Å²) >= 11 is 13.8. The zero-order valence-corrected chi connectivity index (χ0v) is 30.0. The molecule has 48 heavy (non-hydrogen) atoms. The molecule has 7 heterocycles. The number of aromatic nitrogens is 4. The molecular formula is C36H48Cl2N8O2. The number of aromatic amines is 1. The van der Waals surface area contributed by atoms with Crippen LogP contribution >= 0.6 is 23.2 Å². The van der Waals surface area contributed by atoms with Crippen molar-refractivity contribution >= 4 is 45.8 Å². The van der Waals surface area contributed by atoms with Crippen molar-refractivity contribution in [2.75, 3.05) is 70.5 Å². The lowest BCUT2D eigenvalue weighted by atomic mass is 9.76. The predicted octanol–water partition coefficient (Wildman–Crippen LogP) is 5.79. The maximum absolute atomic E-state index is 12.3. The number of benzene rings is 1. The van der Waals surface area contributed by atoms with Crippen molar-refractivity contribution in [3.63, 3.8) is 0 Å². The second-order valence-corrected chi connectivity index (χ2v) is 16.6. The van der Waals surface area contributed by atoms with Gasteiger partial charge in [0.2, 0.25) is 5.91 Å². The summed E-state index contributed by atoms with van der Waals surface area (Å²) in [5.74, 6) is 1.59. The fourth-order valence-corrected chi connectivity index (χ4v) is 9.98. The van der Waals surface area contributed by atoms with Gasteiger partial charge >= 0.3 is 0 Å². The van der Waals surface area contributed by atoms with Gasteiger partial charge in [0.15, 0.2) is 5.82 Å². The molecule has 1 atom stereocenters. The molecule has 1 N–H and O–H groups in total. The van der Waals surface area contributed by atoms with Gasteiger partial charge in [-0.3, -0.25) is 19.5 Å². The first-order valence-electron chi connectivity index (χ1n) is 17.7. The van der Waals surface area contributed by atoms with Crippen molar-refractivity contribution in [2.45, 2.75) is 70.5 Å². The molecule has 258 valence electrons. The van der Waals surface area contributed by atoms with Crippen LogP contribution in [0.25, 0.3) is 22.0 Å². The van der Waals surface area contributed by atoms with Crippen LogP contribution in [-0.2, 0) is 9.53 Å². The molecule has 8 rings (SSSR count). The second kappa shape index (κ2) is 12.3. The second-order valence-electron chi connectivity index (χ2n) is 15.8. The average molecular weight is 696 g/mol. The number of anilines is 1. The van der Waals surface area contributed by atoms with Gasteiger partial charge < -0.3 is 19.4 Å². The van der Waals surface area contributed by atoms with Crippen molar-refractivity contribution < 1.29 is 9.53 Å². The normalized spacial score (nSPS) is 25.1. The number of hydrogen-bond acceptors (Lipinski definition) is 7. The Bertz CT molecular complexity index is 1720. The lowest BCUT2D eigenvalue weighted by molar-refractivity contribution is -0.127. The molecule has 5 aliphatic heterocycles. The highest BCUT2D eigenvalue weighted by Crippen LogP contribution is 2.49. The summed E-state index contributed by atoms with van der Waals surface area (Å²) in [4.78, 5) is 22.1. The zero-order valence-electron chi connectivity index (χ0n) is 28.5. The molecule has 0 saturated carbocycles. The van der Waals surface area contributed by atoms with E-state index >= 15 is 0 Å². The molecule has 5 aliphatic rings. The van der Waals surface area contributed by atoms with E-state index in [1.807, 2.05) is 17.2 Å². The maximum atomic E-state index is 12.3. The first-order chi connectivity index (χ1) is 23.1. The van der Waals surface area contributed by atoms with Gasteiger partial charge in [-0.1, -0.05) is 29.8 Å². The van der Waals surface area contributed by atoms with E-state index in [2.05, 4.69) is 56.9 Å².